The first-order chi connectivity index (χ1) is 7.00. The lowest BCUT2D eigenvalue weighted by molar-refractivity contribution is 0.0957. The molecule has 1 N–H and O–H groups in total. The molecule has 0 saturated carbocycles. The Hall–Kier alpha value is -0.320. The zero-order chi connectivity index (χ0) is 11.4. The SMILES string of the molecule is C=C(Br)CNC(=O)c1cc(Cl)ccc1Br. The van der Waals surface area contributed by atoms with Gasteiger partial charge in [0.05, 0.1) is 5.56 Å². The van der Waals surface area contributed by atoms with E-state index in [0.29, 0.717) is 26.1 Å². The highest BCUT2D eigenvalue weighted by molar-refractivity contribution is 9.11. The maximum absolute atomic E-state index is 11.7. The molecular weight excluding hydrogens is 345 g/mol. The van der Waals surface area contributed by atoms with Crippen molar-refractivity contribution in [3.63, 3.8) is 0 Å². The standard InChI is InChI=1S/C10H8Br2ClNO/c1-6(11)5-14-10(15)8-4-7(13)2-3-9(8)12/h2-4H,1,5H2,(H,14,15). The fourth-order valence-corrected chi connectivity index (χ4v) is 1.68. The number of carbonyl (C=O) groups is 1. The van der Waals surface area contributed by atoms with Crippen LogP contribution >= 0.6 is 43.5 Å². The monoisotopic (exact) mass is 351 g/mol. The summed E-state index contributed by atoms with van der Waals surface area (Å²) < 4.78 is 1.43. The summed E-state index contributed by atoms with van der Waals surface area (Å²) in [6, 6.07) is 5.06. The van der Waals surface area contributed by atoms with E-state index in [1.165, 1.54) is 0 Å². The van der Waals surface area contributed by atoms with Crippen molar-refractivity contribution in [3.05, 3.63) is 44.3 Å². The van der Waals surface area contributed by atoms with Gasteiger partial charge in [0.15, 0.2) is 0 Å². The molecule has 0 bridgehead atoms. The molecule has 0 aliphatic carbocycles. The third-order valence-corrected chi connectivity index (χ3v) is 2.82. The van der Waals surface area contributed by atoms with Crippen LogP contribution in [0.1, 0.15) is 10.4 Å². The summed E-state index contributed by atoms with van der Waals surface area (Å²) in [5, 5.41) is 3.22. The van der Waals surface area contributed by atoms with Crippen LogP contribution in [0.2, 0.25) is 5.02 Å². The maximum atomic E-state index is 11.7. The van der Waals surface area contributed by atoms with Crippen LogP contribution < -0.4 is 5.32 Å². The first-order valence-corrected chi connectivity index (χ1v) is 6.03. The zero-order valence-electron chi connectivity index (χ0n) is 7.69. The summed E-state index contributed by atoms with van der Waals surface area (Å²) >= 11 is 12.2. The van der Waals surface area contributed by atoms with Gasteiger partial charge in [0.1, 0.15) is 0 Å². The molecule has 0 radical (unpaired) electrons. The Morgan fingerprint density at radius 3 is 2.80 bits per heavy atom. The molecule has 0 fully saturated rings. The lowest BCUT2D eigenvalue weighted by atomic mass is 10.2. The maximum Gasteiger partial charge on any atom is 0.252 e. The van der Waals surface area contributed by atoms with Crippen LogP contribution in [-0.2, 0) is 0 Å². The van der Waals surface area contributed by atoms with Gasteiger partial charge in [-0.2, -0.15) is 0 Å². The van der Waals surface area contributed by atoms with E-state index in [0.717, 1.165) is 0 Å². The average Bonchev–Trinajstić information content (AvgIpc) is 2.18. The second-order valence-corrected chi connectivity index (χ2v) is 5.24. The molecule has 0 saturated heterocycles. The Morgan fingerprint density at radius 1 is 1.53 bits per heavy atom. The van der Waals surface area contributed by atoms with Gasteiger partial charge in [-0.1, -0.05) is 34.1 Å². The highest BCUT2D eigenvalue weighted by Crippen LogP contribution is 2.21. The number of benzene rings is 1. The third-order valence-electron chi connectivity index (χ3n) is 1.61. The van der Waals surface area contributed by atoms with Crippen LogP contribution in [0, 0.1) is 0 Å². The van der Waals surface area contributed by atoms with E-state index in [2.05, 4.69) is 43.8 Å². The van der Waals surface area contributed by atoms with E-state index in [1.54, 1.807) is 18.2 Å². The molecule has 1 rings (SSSR count). The second-order valence-electron chi connectivity index (χ2n) is 2.82. The molecule has 5 heteroatoms. The third kappa shape index (κ3) is 3.97. The summed E-state index contributed by atoms with van der Waals surface area (Å²) in [6.07, 6.45) is 0. The van der Waals surface area contributed by atoms with E-state index < -0.39 is 0 Å². The Balaban J connectivity index is 2.81. The van der Waals surface area contributed by atoms with Gasteiger partial charge >= 0.3 is 0 Å². The molecular formula is C10H8Br2ClNO. The van der Waals surface area contributed by atoms with Gasteiger partial charge in [-0.15, -0.1) is 0 Å². The summed E-state index contributed by atoms with van der Waals surface area (Å²) in [5.41, 5.74) is 0.510. The lowest BCUT2D eigenvalue weighted by Gasteiger charge is -2.06. The first-order valence-electron chi connectivity index (χ1n) is 4.07. The van der Waals surface area contributed by atoms with E-state index in [9.17, 15) is 4.79 Å². The van der Waals surface area contributed by atoms with Gasteiger partial charge in [0, 0.05) is 20.5 Å². The van der Waals surface area contributed by atoms with Gasteiger partial charge < -0.3 is 5.32 Å². The molecule has 1 aromatic carbocycles. The van der Waals surface area contributed by atoms with Crippen molar-refractivity contribution in [3.8, 4) is 0 Å². The van der Waals surface area contributed by atoms with Crippen molar-refractivity contribution in [2.75, 3.05) is 6.54 Å². The fraction of sp³-hybridized carbons (Fsp3) is 0.100. The topological polar surface area (TPSA) is 29.1 Å². The summed E-state index contributed by atoms with van der Waals surface area (Å²) in [4.78, 5) is 11.7. The minimum Gasteiger partial charge on any atom is -0.347 e. The van der Waals surface area contributed by atoms with E-state index in [1.807, 2.05) is 0 Å². The molecule has 80 valence electrons. The molecule has 0 atom stereocenters. The molecule has 0 aromatic heterocycles. The minimum atomic E-state index is -0.190. The van der Waals surface area contributed by atoms with E-state index in [-0.39, 0.29) is 5.91 Å². The number of rotatable bonds is 3. The Kier molecular flexibility index (Phi) is 4.83. The molecule has 1 aromatic rings. The molecule has 2 nitrogen and oxygen atoms in total. The summed E-state index contributed by atoms with van der Waals surface area (Å²) in [7, 11) is 0. The van der Waals surface area contributed by atoms with Gasteiger partial charge in [-0.05, 0) is 34.1 Å². The first kappa shape index (κ1) is 12.7. The Labute approximate surface area is 110 Å². The molecule has 0 heterocycles. The fourth-order valence-electron chi connectivity index (χ4n) is 0.943. The van der Waals surface area contributed by atoms with Gasteiger partial charge in [0.25, 0.3) is 5.91 Å². The second kappa shape index (κ2) is 5.68. The molecule has 15 heavy (non-hydrogen) atoms. The van der Waals surface area contributed by atoms with E-state index in [4.69, 9.17) is 11.6 Å². The van der Waals surface area contributed by atoms with Crippen molar-refractivity contribution < 1.29 is 4.79 Å². The van der Waals surface area contributed by atoms with Crippen molar-refractivity contribution in [1.82, 2.24) is 5.32 Å². The highest BCUT2D eigenvalue weighted by atomic mass is 79.9. The van der Waals surface area contributed by atoms with Crippen LogP contribution in [0.3, 0.4) is 0 Å². The van der Waals surface area contributed by atoms with Gasteiger partial charge in [0.2, 0.25) is 0 Å². The summed E-state index contributed by atoms with van der Waals surface area (Å²) in [6.45, 7) is 4.01. The molecule has 1 amide bonds. The number of amides is 1. The Morgan fingerprint density at radius 2 is 2.20 bits per heavy atom. The van der Waals surface area contributed by atoms with Crippen LogP contribution in [0.4, 0.5) is 0 Å². The predicted octanol–water partition coefficient (Wildman–Crippen LogP) is 3.74. The molecule has 0 aliphatic heterocycles. The van der Waals surface area contributed by atoms with Crippen molar-refractivity contribution in [1.29, 1.82) is 0 Å². The molecule has 0 aliphatic rings. The normalized spacial score (nSPS) is 9.80. The van der Waals surface area contributed by atoms with Gasteiger partial charge in [-0.3, -0.25) is 4.79 Å². The predicted molar refractivity (Wildman–Crippen MR) is 69.6 cm³/mol. The molecule has 0 unspecified atom stereocenters. The number of halogens is 3. The highest BCUT2D eigenvalue weighted by Gasteiger charge is 2.09. The largest absolute Gasteiger partial charge is 0.347 e. The smallest absolute Gasteiger partial charge is 0.252 e. The molecule has 0 spiro atoms. The van der Waals surface area contributed by atoms with Crippen LogP contribution in [0.5, 0.6) is 0 Å². The number of carbonyl (C=O) groups excluding carboxylic acids is 1. The van der Waals surface area contributed by atoms with Crippen molar-refractivity contribution in [2.45, 2.75) is 0 Å². The van der Waals surface area contributed by atoms with Crippen molar-refractivity contribution >= 4 is 49.4 Å². The number of nitrogens with one attached hydrogen (secondary N) is 1. The number of hydrogen-bond donors (Lipinski definition) is 1. The van der Waals surface area contributed by atoms with Crippen LogP contribution in [0.15, 0.2) is 33.7 Å². The van der Waals surface area contributed by atoms with Crippen LogP contribution in [-0.4, -0.2) is 12.5 Å². The van der Waals surface area contributed by atoms with E-state index >= 15 is 0 Å². The quantitative estimate of drug-likeness (QED) is 0.881. The minimum absolute atomic E-state index is 0.190. The lowest BCUT2D eigenvalue weighted by Crippen LogP contribution is -2.24. The van der Waals surface area contributed by atoms with Crippen molar-refractivity contribution in [2.24, 2.45) is 0 Å². The zero-order valence-corrected chi connectivity index (χ0v) is 11.6. The summed E-state index contributed by atoms with van der Waals surface area (Å²) in [5.74, 6) is -0.190. The number of hydrogen-bond acceptors (Lipinski definition) is 1. The van der Waals surface area contributed by atoms with Crippen LogP contribution in [0.25, 0.3) is 0 Å². The average molecular weight is 353 g/mol. The Bertz CT molecular complexity index is 406. The van der Waals surface area contributed by atoms with Gasteiger partial charge in [-0.25, -0.2) is 0 Å².